The zero-order valence-electron chi connectivity index (χ0n) is 8.66. The highest BCUT2D eigenvalue weighted by atomic mass is 32.1. The first-order valence-electron chi connectivity index (χ1n) is 5.03. The van der Waals surface area contributed by atoms with Crippen molar-refractivity contribution < 1.29 is 5.11 Å². The Labute approximate surface area is 88.4 Å². The standard InChI is InChI=1S/C10H16N2OS/c1-7(2)12-4-3-8-9(5-12)14-10(6-13)11-8/h7,13H,3-6H2,1-2H3. The molecule has 4 heteroatoms. The van der Waals surface area contributed by atoms with Gasteiger partial charge in [-0.25, -0.2) is 4.98 Å². The van der Waals surface area contributed by atoms with E-state index in [1.165, 1.54) is 10.6 Å². The summed E-state index contributed by atoms with van der Waals surface area (Å²) in [6.45, 7) is 6.63. The van der Waals surface area contributed by atoms with E-state index < -0.39 is 0 Å². The van der Waals surface area contributed by atoms with Gasteiger partial charge in [0.2, 0.25) is 0 Å². The number of thiazole rings is 1. The van der Waals surface area contributed by atoms with E-state index in [0.717, 1.165) is 24.5 Å². The van der Waals surface area contributed by atoms with Gasteiger partial charge in [0.25, 0.3) is 0 Å². The van der Waals surface area contributed by atoms with Crippen molar-refractivity contribution in [3.05, 3.63) is 15.6 Å². The van der Waals surface area contributed by atoms with Gasteiger partial charge in [-0.3, -0.25) is 4.90 Å². The van der Waals surface area contributed by atoms with Crippen LogP contribution in [0.3, 0.4) is 0 Å². The second-order valence-electron chi connectivity index (χ2n) is 3.95. The first kappa shape index (κ1) is 10.1. The van der Waals surface area contributed by atoms with Crippen molar-refractivity contribution in [1.29, 1.82) is 0 Å². The van der Waals surface area contributed by atoms with Crippen LogP contribution in [0.25, 0.3) is 0 Å². The molecule has 2 heterocycles. The lowest BCUT2D eigenvalue weighted by Gasteiger charge is -2.29. The van der Waals surface area contributed by atoms with Crippen LogP contribution in [-0.2, 0) is 19.6 Å². The Bertz CT molecular complexity index is 322. The molecule has 14 heavy (non-hydrogen) atoms. The largest absolute Gasteiger partial charge is 0.389 e. The third-order valence-electron chi connectivity index (χ3n) is 2.67. The Morgan fingerprint density at radius 1 is 1.57 bits per heavy atom. The molecule has 2 rings (SSSR count). The summed E-state index contributed by atoms with van der Waals surface area (Å²) >= 11 is 1.65. The van der Waals surface area contributed by atoms with Gasteiger partial charge in [-0.05, 0) is 13.8 Å². The fourth-order valence-corrected chi connectivity index (χ4v) is 2.78. The Morgan fingerprint density at radius 3 is 3.00 bits per heavy atom. The van der Waals surface area contributed by atoms with Gasteiger partial charge in [-0.1, -0.05) is 0 Å². The van der Waals surface area contributed by atoms with Crippen molar-refractivity contribution >= 4 is 11.3 Å². The molecule has 0 fully saturated rings. The highest BCUT2D eigenvalue weighted by Crippen LogP contribution is 2.25. The highest BCUT2D eigenvalue weighted by Gasteiger charge is 2.21. The van der Waals surface area contributed by atoms with Crippen LogP contribution in [0, 0.1) is 0 Å². The molecule has 3 nitrogen and oxygen atoms in total. The molecule has 1 aromatic heterocycles. The minimum Gasteiger partial charge on any atom is -0.389 e. The van der Waals surface area contributed by atoms with E-state index in [4.69, 9.17) is 5.11 Å². The number of aliphatic hydroxyl groups excluding tert-OH is 1. The number of fused-ring (bicyclic) bond motifs is 1. The molecule has 0 saturated carbocycles. The van der Waals surface area contributed by atoms with Crippen molar-refractivity contribution in [3.63, 3.8) is 0 Å². The molecule has 0 atom stereocenters. The monoisotopic (exact) mass is 212 g/mol. The lowest BCUT2D eigenvalue weighted by Crippen LogP contribution is -2.35. The summed E-state index contributed by atoms with van der Waals surface area (Å²) in [4.78, 5) is 8.19. The summed E-state index contributed by atoms with van der Waals surface area (Å²) < 4.78 is 0. The van der Waals surface area contributed by atoms with Crippen LogP contribution >= 0.6 is 11.3 Å². The number of hydrogen-bond acceptors (Lipinski definition) is 4. The maximum atomic E-state index is 9.00. The SMILES string of the molecule is CC(C)N1CCc2nc(CO)sc2C1. The summed E-state index contributed by atoms with van der Waals surface area (Å²) in [6, 6.07) is 0.600. The van der Waals surface area contributed by atoms with Gasteiger partial charge >= 0.3 is 0 Å². The second-order valence-corrected chi connectivity index (χ2v) is 5.12. The Kier molecular flexibility index (Phi) is 2.85. The summed E-state index contributed by atoms with van der Waals surface area (Å²) in [5.41, 5.74) is 1.20. The average molecular weight is 212 g/mol. The van der Waals surface area contributed by atoms with Crippen LogP contribution in [0.15, 0.2) is 0 Å². The number of aromatic nitrogens is 1. The first-order chi connectivity index (χ1) is 6.70. The maximum Gasteiger partial charge on any atom is 0.119 e. The molecular formula is C10H16N2OS. The fraction of sp³-hybridized carbons (Fsp3) is 0.700. The molecule has 0 aromatic carbocycles. The third-order valence-corrected chi connectivity index (χ3v) is 3.74. The number of rotatable bonds is 2. The molecule has 0 bridgehead atoms. The second kappa shape index (κ2) is 3.96. The highest BCUT2D eigenvalue weighted by molar-refractivity contribution is 7.11. The fourth-order valence-electron chi connectivity index (χ4n) is 1.78. The van der Waals surface area contributed by atoms with E-state index in [9.17, 15) is 0 Å². The molecule has 1 N–H and O–H groups in total. The van der Waals surface area contributed by atoms with Crippen LogP contribution in [0.2, 0.25) is 0 Å². The first-order valence-corrected chi connectivity index (χ1v) is 5.84. The van der Waals surface area contributed by atoms with E-state index in [0.29, 0.717) is 6.04 Å². The lowest BCUT2D eigenvalue weighted by atomic mass is 10.1. The topological polar surface area (TPSA) is 36.4 Å². The summed E-state index contributed by atoms with van der Waals surface area (Å²) in [5, 5.41) is 9.86. The minimum absolute atomic E-state index is 0.0827. The molecule has 0 amide bonds. The van der Waals surface area contributed by atoms with Gasteiger partial charge < -0.3 is 5.11 Å². The van der Waals surface area contributed by atoms with E-state index >= 15 is 0 Å². The van der Waals surface area contributed by atoms with Crippen LogP contribution in [-0.4, -0.2) is 27.6 Å². The van der Waals surface area contributed by atoms with Gasteiger partial charge in [0.15, 0.2) is 0 Å². The van der Waals surface area contributed by atoms with Gasteiger partial charge in [0.05, 0.1) is 12.3 Å². The van der Waals surface area contributed by atoms with Crippen molar-refractivity contribution in [2.24, 2.45) is 0 Å². The maximum absolute atomic E-state index is 9.00. The van der Waals surface area contributed by atoms with Crippen molar-refractivity contribution in [2.45, 2.75) is 39.5 Å². The molecule has 0 radical (unpaired) electrons. The molecular weight excluding hydrogens is 196 g/mol. The van der Waals surface area contributed by atoms with E-state index in [2.05, 4.69) is 23.7 Å². The van der Waals surface area contributed by atoms with Gasteiger partial charge in [0, 0.05) is 30.4 Å². The van der Waals surface area contributed by atoms with Gasteiger partial charge in [0.1, 0.15) is 5.01 Å². The molecule has 1 aromatic rings. The van der Waals surface area contributed by atoms with Crippen molar-refractivity contribution in [2.75, 3.05) is 6.54 Å². The molecule has 0 unspecified atom stereocenters. The molecule has 78 valence electrons. The summed E-state index contributed by atoms with van der Waals surface area (Å²) in [6.07, 6.45) is 1.03. The van der Waals surface area contributed by atoms with Crippen LogP contribution in [0.5, 0.6) is 0 Å². The average Bonchev–Trinajstić information content (AvgIpc) is 2.58. The predicted octanol–water partition coefficient (Wildman–Crippen LogP) is 1.40. The van der Waals surface area contributed by atoms with Crippen LogP contribution in [0.1, 0.15) is 29.4 Å². The Hall–Kier alpha value is -0.450. The Balaban J connectivity index is 2.17. The number of nitrogens with zero attached hydrogens (tertiary/aromatic N) is 2. The quantitative estimate of drug-likeness (QED) is 0.805. The summed E-state index contributed by atoms with van der Waals surface area (Å²) in [7, 11) is 0. The smallest absolute Gasteiger partial charge is 0.119 e. The molecule has 1 aliphatic heterocycles. The number of hydrogen-bond donors (Lipinski definition) is 1. The van der Waals surface area contributed by atoms with E-state index in [1.54, 1.807) is 11.3 Å². The Morgan fingerprint density at radius 2 is 2.36 bits per heavy atom. The number of aliphatic hydroxyl groups is 1. The van der Waals surface area contributed by atoms with Gasteiger partial charge in [-0.2, -0.15) is 0 Å². The van der Waals surface area contributed by atoms with E-state index in [-0.39, 0.29) is 6.61 Å². The predicted molar refractivity (Wildman–Crippen MR) is 57.3 cm³/mol. The molecule has 0 saturated heterocycles. The molecule has 0 spiro atoms. The minimum atomic E-state index is 0.0827. The van der Waals surface area contributed by atoms with Crippen LogP contribution in [0.4, 0.5) is 0 Å². The molecule has 1 aliphatic rings. The summed E-state index contributed by atoms with van der Waals surface area (Å²) in [5.74, 6) is 0. The van der Waals surface area contributed by atoms with Crippen LogP contribution < -0.4 is 0 Å². The zero-order valence-corrected chi connectivity index (χ0v) is 9.47. The normalized spacial score (nSPS) is 17.4. The third kappa shape index (κ3) is 1.82. The van der Waals surface area contributed by atoms with Crippen molar-refractivity contribution in [1.82, 2.24) is 9.88 Å². The lowest BCUT2D eigenvalue weighted by molar-refractivity contribution is 0.204. The van der Waals surface area contributed by atoms with Gasteiger partial charge in [-0.15, -0.1) is 11.3 Å². The molecule has 0 aliphatic carbocycles. The zero-order chi connectivity index (χ0) is 10.1. The van der Waals surface area contributed by atoms with E-state index in [1.807, 2.05) is 0 Å². The van der Waals surface area contributed by atoms with Crippen molar-refractivity contribution in [3.8, 4) is 0 Å².